The van der Waals surface area contributed by atoms with E-state index in [0.717, 1.165) is 12.0 Å². The van der Waals surface area contributed by atoms with Crippen molar-refractivity contribution in [3.63, 3.8) is 0 Å². The fourth-order valence-corrected chi connectivity index (χ4v) is 1.99. The number of ether oxygens (including phenoxy) is 1. The second kappa shape index (κ2) is 6.85. The first-order chi connectivity index (χ1) is 10.1. The van der Waals surface area contributed by atoms with Gasteiger partial charge in [0.2, 0.25) is 0 Å². The van der Waals surface area contributed by atoms with Crippen molar-refractivity contribution in [2.45, 2.75) is 26.5 Å². The normalized spacial score (nSPS) is 10.4. The third-order valence-electron chi connectivity index (χ3n) is 3.28. The number of nitrogens with zero attached hydrogens (tertiary/aromatic N) is 1. The van der Waals surface area contributed by atoms with Gasteiger partial charge in [0.05, 0.1) is 4.92 Å². The molecule has 0 aromatic heterocycles. The monoisotopic (exact) mass is 286 g/mol. The van der Waals surface area contributed by atoms with Crippen LogP contribution in [-0.2, 0) is 19.6 Å². The van der Waals surface area contributed by atoms with Gasteiger partial charge < -0.3 is 10.5 Å². The molecule has 0 radical (unpaired) electrons. The van der Waals surface area contributed by atoms with Gasteiger partial charge in [-0.2, -0.15) is 0 Å². The molecule has 0 spiro atoms. The maximum absolute atomic E-state index is 11.1. The lowest BCUT2D eigenvalue weighted by atomic mass is 10.1. The van der Waals surface area contributed by atoms with E-state index in [1.165, 1.54) is 11.6 Å². The lowest BCUT2D eigenvalue weighted by Crippen LogP contribution is -2.02. The van der Waals surface area contributed by atoms with Gasteiger partial charge in [0.1, 0.15) is 6.61 Å². The van der Waals surface area contributed by atoms with Crippen molar-refractivity contribution in [1.82, 2.24) is 0 Å². The van der Waals surface area contributed by atoms with Gasteiger partial charge in [0.15, 0.2) is 5.75 Å². The maximum Gasteiger partial charge on any atom is 0.311 e. The summed E-state index contributed by atoms with van der Waals surface area (Å²) >= 11 is 0. The van der Waals surface area contributed by atoms with Gasteiger partial charge in [-0.3, -0.25) is 10.1 Å². The zero-order valence-corrected chi connectivity index (χ0v) is 11.9. The Labute approximate surface area is 123 Å². The average Bonchev–Trinajstić information content (AvgIpc) is 2.53. The van der Waals surface area contributed by atoms with Crippen molar-refractivity contribution in [2.75, 3.05) is 0 Å². The third-order valence-corrected chi connectivity index (χ3v) is 3.28. The number of hydrogen-bond acceptors (Lipinski definition) is 4. The Morgan fingerprint density at radius 1 is 1.10 bits per heavy atom. The first-order valence-electron chi connectivity index (χ1n) is 6.82. The number of benzene rings is 2. The van der Waals surface area contributed by atoms with Gasteiger partial charge in [-0.1, -0.05) is 37.3 Å². The van der Waals surface area contributed by atoms with Crippen LogP contribution in [0.25, 0.3) is 0 Å². The molecule has 0 aliphatic heterocycles. The molecular formula is C16H18N2O3. The molecule has 0 amide bonds. The summed E-state index contributed by atoms with van der Waals surface area (Å²) in [5.41, 5.74) is 8.38. The maximum atomic E-state index is 11.1. The molecule has 0 bridgehead atoms. The van der Waals surface area contributed by atoms with E-state index in [1.54, 1.807) is 12.1 Å². The molecule has 2 rings (SSSR count). The summed E-state index contributed by atoms with van der Waals surface area (Å²) in [7, 11) is 0. The zero-order valence-electron chi connectivity index (χ0n) is 11.9. The minimum Gasteiger partial charge on any atom is -0.482 e. The Bertz CT molecular complexity index is 624. The van der Waals surface area contributed by atoms with Crippen LogP contribution in [0.5, 0.6) is 5.75 Å². The summed E-state index contributed by atoms with van der Waals surface area (Å²) in [5.74, 6) is 0.261. The average molecular weight is 286 g/mol. The molecule has 0 unspecified atom stereocenters. The van der Waals surface area contributed by atoms with Gasteiger partial charge in [0.25, 0.3) is 0 Å². The molecule has 0 saturated heterocycles. The molecule has 21 heavy (non-hydrogen) atoms. The molecule has 5 heteroatoms. The molecule has 0 saturated carbocycles. The van der Waals surface area contributed by atoms with Crippen molar-refractivity contribution in [3.8, 4) is 5.75 Å². The molecule has 2 aromatic carbocycles. The SMILES string of the molecule is CCc1ccc(COc2ccc(CN)cc2[N+](=O)[O-])cc1. The van der Waals surface area contributed by atoms with Gasteiger partial charge in [-0.15, -0.1) is 0 Å². The van der Waals surface area contributed by atoms with Gasteiger partial charge in [-0.25, -0.2) is 0 Å². The van der Waals surface area contributed by atoms with Crippen LogP contribution in [0.3, 0.4) is 0 Å². The van der Waals surface area contributed by atoms with Crippen LogP contribution in [0.2, 0.25) is 0 Å². The summed E-state index contributed by atoms with van der Waals surface area (Å²) in [6, 6.07) is 12.8. The topological polar surface area (TPSA) is 78.4 Å². The van der Waals surface area contributed by atoms with Crippen LogP contribution >= 0.6 is 0 Å². The van der Waals surface area contributed by atoms with Crippen LogP contribution in [0.1, 0.15) is 23.6 Å². The van der Waals surface area contributed by atoms with Crippen molar-refractivity contribution in [1.29, 1.82) is 0 Å². The molecule has 5 nitrogen and oxygen atoms in total. The number of nitro benzene ring substituents is 1. The molecule has 0 heterocycles. The molecule has 0 fully saturated rings. The summed E-state index contributed by atoms with van der Waals surface area (Å²) in [4.78, 5) is 10.6. The highest BCUT2D eigenvalue weighted by Crippen LogP contribution is 2.28. The Morgan fingerprint density at radius 3 is 2.29 bits per heavy atom. The third kappa shape index (κ3) is 3.79. The lowest BCUT2D eigenvalue weighted by molar-refractivity contribution is -0.386. The molecule has 0 aliphatic rings. The van der Waals surface area contributed by atoms with E-state index >= 15 is 0 Å². The van der Waals surface area contributed by atoms with Crippen LogP contribution in [0, 0.1) is 10.1 Å². The van der Waals surface area contributed by atoms with Gasteiger partial charge >= 0.3 is 5.69 Å². The second-order valence-electron chi connectivity index (χ2n) is 4.72. The predicted molar refractivity (Wildman–Crippen MR) is 81.1 cm³/mol. The largest absolute Gasteiger partial charge is 0.482 e. The summed E-state index contributed by atoms with van der Waals surface area (Å²) in [6.07, 6.45) is 0.979. The highest BCUT2D eigenvalue weighted by Gasteiger charge is 2.15. The predicted octanol–water partition coefficient (Wildman–Crippen LogP) is 3.19. The fourth-order valence-electron chi connectivity index (χ4n) is 1.99. The highest BCUT2D eigenvalue weighted by atomic mass is 16.6. The molecule has 0 aliphatic carbocycles. The Kier molecular flexibility index (Phi) is 4.90. The number of rotatable bonds is 6. The van der Waals surface area contributed by atoms with Crippen molar-refractivity contribution < 1.29 is 9.66 Å². The summed E-state index contributed by atoms with van der Waals surface area (Å²) in [6.45, 7) is 2.65. The van der Waals surface area contributed by atoms with E-state index in [4.69, 9.17) is 10.5 Å². The van der Waals surface area contributed by atoms with E-state index in [9.17, 15) is 10.1 Å². The van der Waals surface area contributed by atoms with Crippen molar-refractivity contribution in [3.05, 3.63) is 69.3 Å². The quantitative estimate of drug-likeness (QED) is 0.653. The summed E-state index contributed by atoms with van der Waals surface area (Å²) in [5, 5.41) is 11.1. The van der Waals surface area contributed by atoms with E-state index in [-0.39, 0.29) is 18.0 Å². The van der Waals surface area contributed by atoms with Crippen molar-refractivity contribution >= 4 is 5.69 Å². The smallest absolute Gasteiger partial charge is 0.311 e. The first-order valence-corrected chi connectivity index (χ1v) is 6.82. The molecule has 2 N–H and O–H groups in total. The Balaban J connectivity index is 2.13. The number of aryl methyl sites for hydroxylation is 1. The van der Waals surface area contributed by atoms with Crippen LogP contribution in [0.15, 0.2) is 42.5 Å². The Morgan fingerprint density at radius 2 is 1.71 bits per heavy atom. The van der Waals surface area contributed by atoms with E-state index in [2.05, 4.69) is 6.92 Å². The molecule has 2 aromatic rings. The fraction of sp³-hybridized carbons (Fsp3) is 0.250. The minimum absolute atomic E-state index is 0.0527. The van der Waals surface area contributed by atoms with Crippen LogP contribution in [-0.4, -0.2) is 4.92 Å². The first kappa shape index (κ1) is 15.0. The lowest BCUT2D eigenvalue weighted by Gasteiger charge is -2.08. The van der Waals surface area contributed by atoms with Gasteiger partial charge in [0, 0.05) is 12.6 Å². The minimum atomic E-state index is -0.450. The van der Waals surface area contributed by atoms with Crippen LogP contribution in [0.4, 0.5) is 5.69 Å². The molecule has 110 valence electrons. The van der Waals surface area contributed by atoms with Crippen LogP contribution < -0.4 is 10.5 Å². The van der Waals surface area contributed by atoms with E-state index in [1.807, 2.05) is 24.3 Å². The molecule has 0 atom stereocenters. The number of nitrogens with two attached hydrogens (primary N) is 1. The highest BCUT2D eigenvalue weighted by molar-refractivity contribution is 5.48. The van der Waals surface area contributed by atoms with Crippen molar-refractivity contribution in [2.24, 2.45) is 5.73 Å². The summed E-state index contributed by atoms with van der Waals surface area (Å²) < 4.78 is 5.58. The van der Waals surface area contributed by atoms with E-state index < -0.39 is 4.92 Å². The number of hydrogen-bond donors (Lipinski definition) is 1. The zero-order chi connectivity index (χ0) is 15.2. The van der Waals surface area contributed by atoms with Gasteiger partial charge in [-0.05, 0) is 29.2 Å². The van der Waals surface area contributed by atoms with E-state index in [0.29, 0.717) is 12.2 Å². The number of nitro groups is 1. The molecular weight excluding hydrogens is 268 g/mol. The Hall–Kier alpha value is -2.40. The second-order valence-corrected chi connectivity index (χ2v) is 4.72. The standard InChI is InChI=1S/C16H18N2O3/c1-2-12-3-5-13(6-4-12)11-21-16-8-7-14(10-17)9-15(16)18(19)20/h3-9H,2,10-11,17H2,1H3.